The minimum atomic E-state index is -0.230. The lowest BCUT2D eigenvalue weighted by Gasteiger charge is -2.24. The summed E-state index contributed by atoms with van der Waals surface area (Å²) in [5.41, 5.74) is 3.34. The fourth-order valence-electron chi connectivity index (χ4n) is 3.98. The largest absolute Gasteiger partial charge is 0.360 e. The second-order valence-electron chi connectivity index (χ2n) is 7.45. The maximum absolute atomic E-state index is 13.7. The Morgan fingerprint density at radius 2 is 2.03 bits per heavy atom. The minimum Gasteiger partial charge on any atom is -0.360 e. The predicted octanol–water partition coefficient (Wildman–Crippen LogP) is 4.58. The Bertz CT molecular complexity index is 1510. The number of rotatable bonds is 5. The summed E-state index contributed by atoms with van der Waals surface area (Å²) < 4.78 is 1.70. The highest BCUT2D eigenvalue weighted by molar-refractivity contribution is 6.35. The molecule has 0 saturated carbocycles. The van der Waals surface area contributed by atoms with Crippen LogP contribution in [-0.2, 0) is 0 Å². The normalized spacial score (nSPS) is 12.3. The molecule has 0 radical (unpaired) electrons. The van der Waals surface area contributed by atoms with E-state index in [0.29, 0.717) is 39.5 Å². The van der Waals surface area contributed by atoms with Gasteiger partial charge in [0.1, 0.15) is 11.8 Å². The molecule has 0 aliphatic rings. The van der Waals surface area contributed by atoms with Crippen molar-refractivity contribution < 1.29 is 0 Å². The summed E-state index contributed by atoms with van der Waals surface area (Å²) in [6.45, 7) is 3.94. The first-order valence-electron chi connectivity index (χ1n) is 10.2. The van der Waals surface area contributed by atoms with E-state index in [9.17, 15) is 4.79 Å². The van der Waals surface area contributed by atoms with Gasteiger partial charge in [0, 0.05) is 11.9 Å². The first-order valence-corrected chi connectivity index (χ1v) is 10.6. The standard InChI is InChI=1S/C23H20ClN7O/c1-3-16(30-22-20-21(27-11-26-20)28-12-29-22)18-10-14-6-4-7-15(24)19(14)23(32)31(18)17-8-5-9-25-13(17)2/h4-12,16H,3H2,1-2H3,(H2,26,27,28,29,30). The zero-order valence-electron chi connectivity index (χ0n) is 17.5. The Morgan fingerprint density at radius 3 is 2.84 bits per heavy atom. The van der Waals surface area contributed by atoms with Gasteiger partial charge in [0.15, 0.2) is 11.5 Å². The maximum Gasteiger partial charge on any atom is 0.264 e. The fraction of sp³-hybridized carbons (Fsp3) is 0.174. The number of H-pyrrole nitrogens is 1. The highest BCUT2D eigenvalue weighted by Crippen LogP contribution is 2.30. The summed E-state index contributed by atoms with van der Waals surface area (Å²) >= 11 is 6.44. The third kappa shape index (κ3) is 3.29. The van der Waals surface area contributed by atoms with Gasteiger partial charge in [0.25, 0.3) is 5.56 Å². The van der Waals surface area contributed by atoms with Crippen molar-refractivity contribution in [3.8, 4) is 5.69 Å². The van der Waals surface area contributed by atoms with Gasteiger partial charge < -0.3 is 10.3 Å². The van der Waals surface area contributed by atoms with E-state index >= 15 is 0 Å². The Morgan fingerprint density at radius 1 is 1.16 bits per heavy atom. The molecule has 8 nitrogen and oxygen atoms in total. The van der Waals surface area contributed by atoms with Crippen molar-refractivity contribution in [3.63, 3.8) is 0 Å². The van der Waals surface area contributed by atoms with Crippen LogP contribution in [0.4, 0.5) is 5.82 Å². The average Bonchev–Trinajstić information content (AvgIpc) is 3.28. The SMILES string of the molecule is CCC(Nc1ncnc2nc[nH]c12)c1cc2cccc(Cl)c2c(=O)n1-c1cccnc1C. The molecule has 0 amide bonds. The molecule has 4 heterocycles. The summed E-state index contributed by atoms with van der Waals surface area (Å²) in [6.07, 6.45) is 5.46. The lowest BCUT2D eigenvalue weighted by atomic mass is 10.0. The Labute approximate surface area is 188 Å². The molecule has 1 unspecified atom stereocenters. The number of benzene rings is 1. The zero-order valence-corrected chi connectivity index (χ0v) is 18.3. The molecule has 1 aromatic carbocycles. The van der Waals surface area contributed by atoms with Gasteiger partial charge in [-0.25, -0.2) is 15.0 Å². The lowest BCUT2D eigenvalue weighted by Crippen LogP contribution is -2.27. The fourth-order valence-corrected chi connectivity index (χ4v) is 4.24. The van der Waals surface area contributed by atoms with Crippen LogP contribution in [0.5, 0.6) is 0 Å². The van der Waals surface area contributed by atoms with Crippen molar-refractivity contribution in [1.29, 1.82) is 0 Å². The van der Waals surface area contributed by atoms with Crippen LogP contribution in [0.1, 0.15) is 30.8 Å². The predicted molar refractivity (Wildman–Crippen MR) is 125 cm³/mol. The zero-order chi connectivity index (χ0) is 22.2. The molecule has 4 aromatic heterocycles. The number of aromatic amines is 1. The Kier molecular flexibility index (Phi) is 5.07. The van der Waals surface area contributed by atoms with Gasteiger partial charge in [-0.15, -0.1) is 0 Å². The number of nitrogens with one attached hydrogen (secondary N) is 2. The van der Waals surface area contributed by atoms with Gasteiger partial charge in [0.2, 0.25) is 0 Å². The number of aromatic nitrogens is 6. The first kappa shape index (κ1) is 20.1. The number of fused-ring (bicyclic) bond motifs is 2. The molecular weight excluding hydrogens is 426 g/mol. The number of imidazole rings is 1. The third-order valence-electron chi connectivity index (χ3n) is 5.54. The van der Waals surface area contributed by atoms with Crippen LogP contribution in [0, 0.1) is 6.92 Å². The molecule has 0 fully saturated rings. The summed E-state index contributed by atoms with van der Waals surface area (Å²) in [6, 6.07) is 11.0. The molecule has 0 bridgehead atoms. The van der Waals surface area contributed by atoms with Crippen molar-refractivity contribution in [2.45, 2.75) is 26.3 Å². The second-order valence-corrected chi connectivity index (χ2v) is 7.86. The van der Waals surface area contributed by atoms with E-state index in [2.05, 4.69) is 37.2 Å². The molecule has 32 heavy (non-hydrogen) atoms. The van der Waals surface area contributed by atoms with E-state index in [1.54, 1.807) is 23.2 Å². The molecule has 160 valence electrons. The molecule has 2 N–H and O–H groups in total. The number of aryl methyl sites for hydroxylation is 1. The molecule has 0 aliphatic heterocycles. The van der Waals surface area contributed by atoms with E-state index in [1.165, 1.54) is 6.33 Å². The highest BCUT2D eigenvalue weighted by atomic mass is 35.5. The smallest absolute Gasteiger partial charge is 0.264 e. The molecule has 1 atom stereocenters. The van der Waals surface area contributed by atoms with E-state index < -0.39 is 0 Å². The molecule has 5 aromatic rings. The number of anilines is 1. The molecule has 0 spiro atoms. The molecule has 0 aliphatic carbocycles. The highest BCUT2D eigenvalue weighted by Gasteiger charge is 2.22. The quantitative estimate of drug-likeness (QED) is 0.410. The average molecular weight is 446 g/mol. The summed E-state index contributed by atoms with van der Waals surface area (Å²) in [5.74, 6) is 0.618. The van der Waals surface area contributed by atoms with Crippen LogP contribution < -0.4 is 10.9 Å². The van der Waals surface area contributed by atoms with Gasteiger partial charge in [0.05, 0.1) is 34.2 Å². The molecule has 9 heteroatoms. The topological polar surface area (TPSA) is 101 Å². The van der Waals surface area contributed by atoms with Gasteiger partial charge in [-0.2, -0.15) is 0 Å². The third-order valence-corrected chi connectivity index (χ3v) is 5.86. The van der Waals surface area contributed by atoms with Crippen molar-refractivity contribution in [1.82, 2.24) is 29.5 Å². The molecule has 5 rings (SSSR count). The van der Waals surface area contributed by atoms with Crippen LogP contribution in [0.25, 0.3) is 27.6 Å². The monoisotopic (exact) mass is 445 g/mol. The van der Waals surface area contributed by atoms with Gasteiger partial charge in [-0.3, -0.25) is 14.3 Å². The van der Waals surface area contributed by atoms with Crippen molar-refractivity contribution in [2.75, 3.05) is 5.32 Å². The van der Waals surface area contributed by atoms with E-state index in [-0.39, 0.29) is 11.6 Å². The van der Waals surface area contributed by atoms with Crippen LogP contribution in [-0.4, -0.2) is 29.5 Å². The van der Waals surface area contributed by atoms with Crippen molar-refractivity contribution in [2.24, 2.45) is 0 Å². The number of hydrogen-bond donors (Lipinski definition) is 2. The van der Waals surface area contributed by atoms with E-state index in [4.69, 9.17) is 11.6 Å². The summed E-state index contributed by atoms with van der Waals surface area (Å²) in [4.78, 5) is 34.0. The maximum atomic E-state index is 13.7. The van der Waals surface area contributed by atoms with Crippen molar-refractivity contribution >= 4 is 39.4 Å². The lowest BCUT2D eigenvalue weighted by molar-refractivity contribution is 0.687. The number of hydrogen-bond acceptors (Lipinski definition) is 6. The minimum absolute atomic E-state index is 0.186. The van der Waals surface area contributed by atoms with Crippen LogP contribution >= 0.6 is 11.6 Å². The van der Waals surface area contributed by atoms with Gasteiger partial charge >= 0.3 is 0 Å². The van der Waals surface area contributed by atoms with Crippen LogP contribution in [0.15, 0.2) is 60.0 Å². The van der Waals surface area contributed by atoms with Crippen LogP contribution in [0.2, 0.25) is 5.02 Å². The van der Waals surface area contributed by atoms with E-state index in [1.807, 2.05) is 37.3 Å². The van der Waals surface area contributed by atoms with Crippen molar-refractivity contribution in [3.05, 3.63) is 82.0 Å². The molecular formula is C23H20ClN7O. The Hall–Kier alpha value is -3.78. The number of halogens is 1. The van der Waals surface area contributed by atoms with E-state index in [0.717, 1.165) is 16.8 Å². The van der Waals surface area contributed by atoms with Crippen LogP contribution in [0.3, 0.4) is 0 Å². The summed E-state index contributed by atoms with van der Waals surface area (Å²) in [5, 5.41) is 5.16. The number of nitrogens with zero attached hydrogens (tertiary/aromatic N) is 5. The Balaban J connectivity index is 1.76. The second kappa shape index (κ2) is 8.05. The first-order chi connectivity index (χ1) is 15.6. The van der Waals surface area contributed by atoms with Gasteiger partial charge in [-0.1, -0.05) is 30.7 Å². The van der Waals surface area contributed by atoms with Gasteiger partial charge in [-0.05, 0) is 43.0 Å². The number of pyridine rings is 2. The summed E-state index contributed by atoms with van der Waals surface area (Å²) in [7, 11) is 0. The molecule has 0 saturated heterocycles.